The van der Waals surface area contributed by atoms with E-state index in [4.69, 9.17) is 0 Å². The second-order valence-electron chi connectivity index (χ2n) is 7.44. The first-order valence-electron chi connectivity index (χ1n) is 9.69. The fourth-order valence-electron chi connectivity index (χ4n) is 3.66. The van der Waals surface area contributed by atoms with Crippen molar-refractivity contribution in [1.82, 2.24) is 15.1 Å². The third kappa shape index (κ3) is 4.31. The van der Waals surface area contributed by atoms with Gasteiger partial charge in [0.05, 0.1) is 23.0 Å². The number of aliphatic hydroxyl groups excluding tert-OH is 1. The van der Waals surface area contributed by atoms with E-state index in [9.17, 15) is 23.5 Å². The van der Waals surface area contributed by atoms with Gasteiger partial charge in [0.25, 0.3) is 0 Å². The highest BCUT2D eigenvalue weighted by atomic mass is 19.1. The molecule has 1 saturated heterocycles. The van der Waals surface area contributed by atoms with Gasteiger partial charge in [-0.1, -0.05) is 18.2 Å². The Balaban J connectivity index is 1.59. The van der Waals surface area contributed by atoms with Crippen molar-refractivity contribution >= 4 is 40.6 Å². The first kappa shape index (κ1) is 20.7. The quantitative estimate of drug-likeness (QED) is 0.598. The van der Waals surface area contributed by atoms with E-state index in [1.807, 2.05) is 0 Å². The molecule has 3 N–H and O–H groups in total. The Bertz CT molecular complexity index is 1170. The number of rotatable bonds is 4. The van der Waals surface area contributed by atoms with Crippen molar-refractivity contribution in [3.63, 3.8) is 0 Å². The Hall–Kier alpha value is -3.59. The highest BCUT2D eigenvalue weighted by Crippen LogP contribution is 2.27. The van der Waals surface area contributed by atoms with Crippen LogP contribution in [0, 0.1) is 11.6 Å². The van der Waals surface area contributed by atoms with Crippen molar-refractivity contribution in [1.29, 1.82) is 0 Å². The maximum atomic E-state index is 14.6. The molecule has 4 rings (SSSR count). The number of aliphatic hydroxyl groups is 1. The van der Waals surface area contributed by atoms with Gasteiger partial charge in [-0.3, -0.25) is 14.7 Å². The van der Waals surface area contributed by atoms with Gasteiger partial charge >= 0.3 is 0 Å². The minimum absolute atomic E-state index is 0.0553. The fraction of sp³-hybridized carbons (Fsp3) is 0.227. The largest absolute Gasteiger partial charge is 0.391 e. The molecular formula is C22H20F2N4O3. The summed E-state index contributed by atoms with van der Waals surface area (Å²) in [5, 5.41) is 19.8. The minimum Gasteiger partial charge on any atom is -0.391 e. The number of aromatic amines is 1. The van der Waals surface area contributed by atoms with Crippen LogP contribution in [0.1, 0.15) is 24.6 Å². The number of H-pyrrole nitrogens is 1. The first-order chi connectivity index (χ1) is 14.8. The lowest BCUT2D eigenvalue weighted by Gasteiger charge is -2.22. The van der Waals surface area contributed by atoms with Gasteiger partial charge in [0, 0.05) is 31.3 Å². The predicted molar refractivity (Wildman–Crippen MR) is 112 cm³/mol. The van der Waals surface area contributed by atoms with Crippen LogP contribution in [0.25, 0.3) is 23.1 Å². The van der Waals surface area contributed by atoms with Gasteiger partial charge < -0.3 is 15.3 Å². The van der Waals surface area contributed by atoms with Crippen molar-refractivity contribution in [2.24, 2.45) is 0 Å². The van der Waals surface area contributed by atoms with E-state index in [0.717, 1.165) is 5.56 Å². The van der Waals surface area contributed by atoms with E-state index in [-0.39, 0.29) is 30.4 Å². The topological polar surface area (TPSA) is 98.3 Å². The number of hydrogen-bond acceptors (Lipinski definition) is 4. The summed E-state index contributed by atoms with van der Waals surface area (Å²) >= 11 is 0. The molecule has 160 valence electrons. The van der Waals surface area contributed by atoms with Crippen molar-refractivity contribution in [3.8, 4) is 0 Å². The molecule has 7 nitrogen and oxygen atoms in total. The van der Waals surface area contributed by atoms with Crippen LogP contribution in [0.5, 0.6) is 0 Å². The molecule has 0 spiro atoms. The van der Waals surface area contributed by atoms with Crippen LogP contribution >= 0.6 is 0 Å². The average molecular weight is 426 g/mol. The van der Waals surface area contributed by atoms with Crippen LogP contribution < -0.4 is 5.32 Å². The van der Waals surface area contributed by atoms with Crippen molar-refractivity contribution in [3.05, 3.63) is 59.3 Å². The minimum atomic E-state index is -0.871. The van der Waals surface area contributed by atoms with E-state index in [0.29, 0.717) is 16.6 Å². The maximum absolute atomic E-state index is 14.6. The molecule has 1 aliphatic rings. The van der Waals surface area contributed by atoms with E-state index in [2.05, 4.69) is 15.5 Å². The summed E-state index contributed by atoms with van der Waals surface area (Å²) in [5.41, 5.74) is 1.66. The van der Waals surface area contributed by atoms with Crippen LogP contribution in [0.4, 0.5) is 14.5 Å². The van der Waals surface area contributed by atoms with Gasteiger partial charge in [0.15, 0.2) is 0 Å². The lowest BCUT2D eigenvalue weighted by molar-refractivity contribution is -0.134. The van der Waals surface area contributed by atoms with E-state index >= 15 is 0 Å². The van der Waals surface area contributed by atoms with Crippen molar-refractivity contribution < 1.29 is 23.5 Å². The number of halogens is 2. The summed E-state index contributed by atoms with van der Waals surface area (Å²) in [7, 11) is 0. The summed E-state index contributed by atoms with van der Waals surface area (Å²) < 4.78 is 27.6. The van der Waals surface area contributed by atoms with Gasteiger partial charge in [-0.15, -0.1) is 0 Å². The summed E-state index contributed by atoms with van der Waals surface area (Å²) in [6, 6.07) is 7.72. The molecule has 3 aromatic rings. The third-order valence-corrected chi connectivity index (χ3v) is 5.23. The molecule has 1 aliphatic heterocycles. The number of likely N-dealkylation sites (tertiary alicyclic amines) is 1. The molecule has 2 amide bonds. The normalized spacial score (nSPS) is 18.8. The van der Waals surface area contributed by atoms with Crippen molar-refractivity contribution in [2.75, 3.05) is 11.9 Å². The fourth-order valence-corrected chi connectivity index (χ4v) is 3.66. The second kappa shape index (κ2) is 8.27. The highest BCUT2D eigenvalue weighted by Gasteiger charge is 2.37. The molecule has 2 heterocycles. The number of carbonyl (C=O) groups is 2. The number of hydrogen-bond donors (Lipinski definition) is 3. The van der Waals surface area contributed by atoms with Gasteiger partial charge in [-0.2, -0.15) is 5.10 Å². The van der Waals surface area contributed by atoms with E-state index in [1.54, 1.807) is 24.3 Å². The van der Waals surface area contributed by atoms with Crippen LogP contribution in [0.2, 0.25) is 0 Å². The van der Waals surface area contributed by atoms with E-state index in [1.165, 1.54) is 36.1 Å². The lowest BCUT2D eigenvalue weighted by atomic mass is 10.1. The van der Waals surface area contributed by atoms with E-state index < -0.39 is 23.9 Å². The van der Waals surface area contributed by atoms with Gasteiger partial charge in [0.1, 0.15) is 17.7 Å². The summed E-state index contributed by atoms with van der Waals surface area (Å²) in [4.78, 5) is 25.7. The molecule has 9 heteroatoms. The number of carbonyl (C=O) groups excluding carboxylic acids is 2. The Morgan fingerprint density at radius 1 is 1.23 bits per heavy atom. The lowest BCUT2D eigenvalue weighted by Crippen LogP contribution is -2.42. The molecular weight excluding hydrogens is 406 g/mol. The summed E-state index contributed by atoms with van der Waals surface area (Å²) in [6.45, 7) is 1.38. The first-order valence-corrected chi connectivity index (χ1v) is 9.69. The molecule has 0 bridgehead atoms. The van der Waals surface area contributed by atoms with Crippen LogP contribution in [-0.4, -0.2) is 50.7 Å². The van der Waals surface area contributed by atoms with Gasteiger partial charge in [-0.25, -0.2) is 8.78 Å². The number of aromatic nitrogens is 2. The molecule has 2 aromatic carbocycles. The van der Waals surface area contributed by atoms with Gasteiger partial charge in [0.2, 0.25) is 11.8 Å². The molecule has 31 heavy (non-hydrogen) atoms. The zero-order valence-electron chi connectivity index (χ0n) is 16.6. The second-order valence-corrected chi connectivity index (χ2v) is 7.44. The van der Waals surface area contributed by atoms with Crippen molar-refractivity contribution in [2.45, 2.75) is 25.5 Å². The maximum Gasteiger partial charge on any atom is 0.247 e. The molecule has 0 unspecified atom stereocenters. The average Bonchev–Trinajstić information content (AvgIpc) is 3.31. The Morgan fingerprint density at radius 3 is 2.68 bits per heavy atom. The SMILES string of the molecule is CC(=O)N1C[C@H](O)C[C@H]1C(=O)Nc1cc2c(C=Cc3ccc(F)cc3)n[nH]c2cc1F. The molecule has 1 fully saturated rings. The number of amides is 2. The smallest absolute Gasteiger partial charge is 0.247 e. The number of nitrogens with zero attached hydrogens (tertiary/aromatic N) is 2. The zero-order chi connectivity index (χ0) is 22.1. The number of nitrogens with one attached hydrogen (secondary N) is 2. The highest BCUT2D eigenvalue weighted by molar-refractivity contribution is 6.00. The molecule has 2 atom stereocenters. The molecule has 0 radical (unpaired) electrons. The monoisotopic (exact) mass is 426 g/mol. The predicted octanol–water partition coefficient (Wildman–Crippen LogP) is 2.93. The number of anilines is 1. The number of β-amino-alcohol motifs (C(OH)–C–C–N with tert-alkyl or cyclic N) is 1. The van der Waals surface area contributed by atoms with Crippen LogP contribution in [-0.2, 0) is 9.59 Å². The van der Waals surface area contributed by atoms with Gasteiger partial charge in [-0.05, 0) is 29.8 Å². The van der Waals surface area contributed by atoms with Crippen LogP contribution in [0.15, 0.2) is 36.4 Å². The molecule has 0 aliphatic carbocycles. The molecule has 1 aromatic heterocycles. The Labute approximate surface area is 176 Å². The summed E-state index contributed by atoms with van der Waals surface area (Å²) in [5.74, 6) is -1.91. The Kier molecular flexibility index (Phi) is 5.51. The zero-order valence-corrected chi connectivity index (χ0v) is 16.6. The third-order valence-electron chi connectivity index (χ3n) is 5.23. The number of fused-ring (bicyclic) bond motifs is 1. The Morgan fingerprint density at radius 2 is 1.97 bits per heavy atom. The summed E-state index contributed by atoms with van der Waals surface area (Å²) in [6.07, 6.45) is 2.72. The number of benzene rings is 2. The molecule has 0 saturated carbocycles. The van der Waals surface area contributed by atoms with Crippen LogP contribution in [0.3, 0.4) is 0 Å². The standard InChI is InChI=1S/C22H20F2N4O3/c1-12(29)28-11-15(30)8-21(28)22(31)25-20-9-16-18(26-27-19(16)10-17(20)24)7-4-13-2-5-14(23)6-3-13/h2-7,9-10,15,21,30H,8,11H2,1H3,(H,25,31)(H,26,27)/t15-,21+/m1/s1.